The third-order valence-electron chi connectivity index (χ3n) is 2.25. The summed E-state index contributed by atoms with van der Waals surface area (Å²) in [5.74, 6) is 0. The Morgan fingerprint density at radius 3 is 2.91 bits per heavy atom. The number of hydrogen-bond donors (Lipinski definition) is 1. The van der Waals surface area contributed by atoms with Gasteiger partial charge in [0.25, 0.3) is 0 Å². The van der Waals surface area contributed by atoms with Crippen molar-refractivity contribution in [3.8, 4) is 0 Å². The number of rotatable bonds is 1. The second-order valence-corrected chi connectivity index (χ2v) is 2.94. The zero-order valence-electron chi connectivity index (χ0n) is 6.40. The molecule has 0 aromatic heterocycles. The van der Waals surface area contributed by atoms with E-state index in [0.717, 1.165) is 0 Å². The van der Waals surface area contributed by atoms with Crippen molar-refractivity contribution in [2.24, 2.45) is 0 Å². The predicted octanol–water partition coefficient (Wildman–Crippen LogP) is -0.493. The normalized spacial score (nSPS) is 49.6. The molecule has 11 heavy (non-hydrogen) atoms. The number of ether oxygens (including phenoxy) is 3. The first kappa shape index (κ1) is 7.49. The summed E-state index contributed by atoms with van der Waals surface area (Å²) >= 11 is 0. The molecule has 64 valence electrons. The Bertz CT molecular complexity index is 135. The Kier molecular flexibility index (Phi) is 1.85. The molecule has 2 heterocycles. The summed E-state index contributed by atoms with van der Waals surface area (Å²) in [4.78, 5) is 0. The molecule has 4 atom stereocenters. The molecule has 0 spiro atoms. The first-order valence-corrected chi connectivity index (χ1v) is 3.79. The van der Waals surface area contributed by atoms with Crippen molar-refractivity contribution in [1.82, 2.24) is 0 Å². The minimum Gasteiger partial charge on any atom is -0.388 e. The molecule has 0 radical (unpaired) electrons. The van der Waals surface area contributed by atoms with Crippen LogP contribution < -0.4 is 0 Å². The molecular weight excluding hydrogens is 148 g/mol. The Hall–Kier alpha value is -0.160. The monoisotopic (exact) mass is 160 g/mol. The molecule has 4 heteroatoms. The van der Waals surface area contributed by atoms with Crippen LogP contribution in [0.3, 0.4) is 0 Å². The minimum absolute atomic E-state index is 0.0845. The highest BCUT2D eigenvalue weighted by Gasteiger charge is 2.44. The van der Waals surface area contributed by atoms with E-state index in [4.69, 9.17) is 14.2 Å². The molecule has 0 aromatic carbocycles. The van der Waals surface area contributed by atoms with Crippen LogP contribution in [0.4, 0.5) is 0 Å². The van der Waals surface area contributed by atoms with Crippen LogP contribution in [0, 0.1) is 0 Å². The lowest BCUT2D eigenvalue weighted by Gasteiger charge is -2.29. The van der Waals surface area contributed by atoms with E-state index in [9.17, 15) is 5.11 Å². The van der Waals surface area contributed by atoms with Crippen LogP contribution in [0.5, 0.6) is 0 Å². The largest absolute Gasteiger partial charge is 0.388 e. The highest BCUT2D eigenvalue weighted by atomic mass is 16.7. The van der Waals surface area contributed by atoms with Crippen LogP contribution in [0.1, 0.15) is 6.42 Å². The molecule has 0 amide bonds. The zero-order chi connectivity index (χ0) is 7.84. The number of methoxy groups -OCH3 is 1. The molecule has 1 N–H and O–H groups in total. The van der Waals surface area contributed by atoms with Gasteiger partial charge < -0.3 is 19.3 Å². The maximum atomic E-state index is 9.42. The van der Waals surface area contributed by atoms with Crippen LogP contribution >= 0.6 is 0 Å². The number of hydrogen-bond acceptors (Lipinski definition) is 4. The van der Waals surface area contributed by atoms with Crippen LogP contribution in [-0.2, 0) is 14.2 Å². The summed E-state index contributed by atoms with van der Waals surface area (Å²) in [6.07, 6.45) is -0.288. The van der Waals surface area contributed by atoms with Gasteiger partial charge in [-0.15, -0.1) is 0 Å². The summed E-state index contributed by atoms with van der Waals surface area (Å²) in [5, 5.41) is 9.42. The van der Waals surface area contributed by atoms with Crippen molar-refractivity contribution in [2.45, 2.75) is 31.0 Å². The van der Waals surface area contributed by atoms with Crippen molar-refractivity contribution in [2.75, 3.05) is 13.7 Å². The van der Waals surface area contributed by atoms with Crippen LogP contribution in [0.15, 0.2) is 0 Å². The van der Waals surface area contributed by atoms with E-state index in [1.54, 1.807) is 7.11 Å². The predicted molar refractivity (Wildman–Crippen MR) is 36.0 cm³/mol. The maximum Gasteiger partial charge on any atom is 0.160 e. The van der Waals surface area contributed by atoms with Crippen LogP contribution in [-0.4, -0.2) is 43.4 Å². The zero-order valence-corrected chi connectivity index (χ0v) is 6.40. The average Bonchev–Trinajstić information content (AvgIpc) is 2.26. The lowest BCUT2D eigenvalue weighted by molar-refractivity contribution is -0.201. The Morgan fingerprint density at radius 1 is 1.45 bits per heavy atom. The molecule has 2 bridgehead atoms. The standard InChI is InChI=1S/C7H12O4/c1-9-6-2-4-7(8)5(11-6)3-10-4/h4-8H,2-3H2,1H3. The fourth-order valence-corrected chi connectivity index (χ4v) is 1.57. The topological polar surface area (TPSA) is 47.9 Å². The number of aliphatic hydroxyl groups excluding tert-OH is 1. The summed E-state index contributed by atoms with van der Waals surface area (Å²) in [6.45, 7) is 0.492. The number of aliphatic hydroxyl groups is 1. The molecule has 0 aromatic rings. The highest BCUT2D eigenvalue weighted by Crippen LogP contribution is 2.28. The third-order valence-corrected chi connectivity index (χ3v) is 2.25. The fraction of sp³-hybridized carbons (Fsp3) is 1.00. The van der Waals surface area contributed by atoms with Crippen molar-refractivity contribution in [1.29, 1.82) is 0 Å². The van der Waals surface area contributed by atoms with Crippen molar-refractivity contribution < 1.29 is 19.3 Å². The van der Waals surface area contributed by atoms with Gasteiger partial charge in [-0.1, -0.05) is 0 Å². The first-order chi connectivity index (χ1) is 5.31. The van der Waals surface area contributed by atoms with Gasteiger partial charge in [0, 0.05) is 13.5 Å². The average molecular weight is 160 g/mol. The van der Waals surface area contributed by atoms with E-state index in [0.29, 0.717) is 13.0 Å². The second-order valence-electron chi connectivity index (χ2n) is 2.94. The third kappa shape index (κ3) is 1.16. The van der Waals surface area contributed by atoms with Crippen molar-refractivity contribution >= 4 is 0 Å². The smallest absolute Gasteiger partial charge is 0.160 e. The van der Waals surface area contributed by atoms with E-state index in [-0.39, 0.29) is 18.5 Å². The maximum absolute atomic E-state index is 9.42. The van der Waals surface area contributed by atoms with Gasteiger partial charge in [0.15, 0.2) is 6.29 Å². The molecule has 4 unspecified atom stereocenters. The van der Waals surface area contributed by atoms with Gasteiger partial charge in [0.2, 0.25) is 0 Å². The Morgan fingerprint density at radius 2 is 2.27 bits per heavy atom. The van der Waals surface area contributed by atoms with Crippen LogP contribution in [0.25, 0.3) is 0 Å². The molecule has 2 rings (SSSR count). The van der Waals surface area contributed by atoms with E-state index in [2.05, 4.69) is 0 Å². The quantitative estimate of drug-likeness (QED) is 0.562. The van der Waals surface area contributed by atoms with Gasteiger partial charge in [-0.3, -0.25) is 0 Å². The Balaban J connectivity index is 2.02. The number of fused-ring (bicyclic) bond motifs is 2. The van der Waals surface area contributed by atoms with Gasteiger partial charge in [-0.2, -0.15) is 0 Å². The molecule has 4 nitrogen and oxygen atoms in total. The first-order valence-electron chi connectivity index (χ1n) is 3.79. The van der Waals surface area contributed by atoms with Gasteiger partial charge in [0.05, 0.1) is 12.7 Å². The van der Waals surface area contributed by atoms with Gasteiger partial charge in [-0.25, -0.2) is 0 Å². The van der Waals surface area contributed by atoms with Gasteiger partial charge >= 0.3 is 0 Å². The summed E-state index contributed by atoms with van der Waals surface area (Å²) < 4.78 is 15.6. The van der Waals surface area contributed by atoms with Crippen molar-refractivity contribution in [3.63, 3.8) is 0 Å². The molecule has 2 aliphatic rings. The van der Waals surface area contributed by atoms with Crippen LogP contribution in [0.2, 0.25) is 0 Å². The molecule has 0 aliphatic carbocycles. The summed E-state index contributed by atoms with van der Waals surface area (Å²) in [7, 11) is 1.60. The Labute approximate surface area is 65.1 Å². The van der Waals surface area contributed by atoms with Gasteiger partial charge in [0.1, 0.15) is 12.2 Å². The summed E-state index contributed by atoms with van der Waals surface area (Å²) in [6, 6.07) is 0. The van der Waals surface area contributed by atoms with E-state index >= 15 is 0 Å². The highest BCUT2D eigenvalue weighted by molar-refractivity contribution is 4.89. The fourth-order valence-electron chi connectivity index (χ4n) is 1.57. The van der Waals surface area contributed by atoms with E-state index in [1.807, 2.05) is 0 Å². The van der Waals surface area contributed by atoms with Gasteiger partial charge in [-0.05, 0) is 0 Å². The van der Waals surface area contributed by atoms with E-state index in [1.165, 1.54) is 0 Å². The molecule has 2 saturated heterocycles. The summed E-state index contributed by atoms with van der Waals surface area (Å²) in [5.41, 5.74) is 0. The molecular formula is C7H12O4. The SMILES string of the molecule is COC1CC2OCC(O1)C2O. The van der Waals surface area contributed by atoms with E-state index < -0.39 is 6.10 Å². The lowest BCUT2D eigenvalue weighted by Crippen LogP contribution is -2.43. The minimum atomic E-state index is -0.457. The second kappa shape index (κ2) is 2.71. The lowest BCUT2D eigenvalue weighted by atomic mass is 10.1. The molecule has 0 saturated carbocycles. The van der Waals surface area contributed by atoms with Crippen molar-refractivity contribution in [3.05, 3.63) is 0 Å². The molecule has 2 fully saturated rings. The molecule has 2 aliphatic heterocycles.